The fourth-order valence-corrected chi connectivity index (χ4v) is 3.54. The summed E-state index contributed by atoms with van der Waals surface area (Å²) in [5, 5.41) is 9.72. The van der Waals surface area contributed by atoms with E-state index in [0.29, 0.717) is 24.5 Å². The minimum atomic E-state index is -0.283. The zero-order chi connectivity index (χ0) is 21.7. The summed E-state index contributed by atoms with van der Waals surface area (Å²) in [6.07, 6.45) is 5.54. The van der Waals surface area contributed by atoms with E-state index in [4.69, 9.17) is 4.74 Å². The third-order valence-corrected chi connectivity index (χ3v) is 5.36. The van der Waals surface area contributed by atoms with Gasteiger partial charge in [-0.05, 0) is 38.2 Å². The van der Waals surface area contributed by atoms with Crippen LogP contribution in [0.3, 0.4) is 0 Å². The fourth-order valence-electron chi connectivity index (χ4n) is 3.54. The minimum absolute atomic E-state index is 0.0893. The third-order valence-electron chi connectivity index (χ3n) is 5.36. The highest BCUT2D eigenvalue weighted by molar-refractivity contribution is 5.97. The van der Waals surface area contributed by atoms with Crippen molar-refractivity contribution in [3.05, 3.63) is 59.3 Å². The van der Waals surface area contributed by atoms with Crippen molar-refractivity contribution in [3.8, 4) is 5.88 Å². The molecular formula is C24H31N3O3. The first-order valence-corrected chi connectivity index (χ1v) is 10.4. The van der Waals surface area contributed by atoms with Crippen molar-refractivity contribution in [3.63, 3.8) is 0 Å². The summed E-state index contributed by atoms with van der Waals surface area (Å²) in [6, 6.07) is 11.5. The maximum atomic E-state index is 13.4. The molecule has 1 amide bonds. The second-order valence-electron chi connectivity index (χ2n) is 8.25. The molecule has 1 aromatic heterocycles. The number of aromatic nitrogens is 1. The van der Waals surface area contributed by atoms with Gasteiger partial charge in [0.1, 0.15) is 11.7 Å². The molecular weight excluding hydrogens is 378 g/mol. The molecule has 1 aromatic carbocycles. The van der Waals surface area contributed by atoms with Gasteiger partial charge in [-0.25, -0.2) is 4.98 Å². The number of aliphatic hydroxyl groups excluding tert-OH is 1. The Bertz CT molecular complexity index is 883. The van der Waals surface area contributed by atoms with Gasteiger partial charge in [0, 0.05) is 25.2 Å². The molecule has 0 spiro atoms. The molecule has 6 heteroatoms. The van der Waals surface area contributed by atoms with Crippen molar-refractivity contribution in [1.82, 2.24) is 14.8 Å². The van der Waals surface area contributed by atoms with Gasteiger partial charge >= 0.3 is 0 Å². The van der Waals surface area contributed by atoms with E-state index in [1.807, 2.05) is 69.6 Å². The van der Waals surface area contributed by atoms with Gasteiger partial charge in [-0.1, -0.05) is 49.4 Å². The smallest absolute Gasteiger partial charge is 0.259 e. The SMILES string of the molecule is C[C@@H]1CN([C@@H](C)CO)C(=O)c2cc(/C=C/c3ccccc3)cnc2O[C@H]1CN(C)C. The van der Waals surface area contributed by atoms with Crippen LogP contribution in [0.25, 0.3) is 12.2 Å². The number of pyridine rings is 1. The summed E-state index contributed by atoms with van der Waals surface area (Å²) in [6.45, 7) is 5.07. The van der Waals surface area contributed by atoms with Crippen LogP contribution >= 0.6 is 0 Å². The van der Waals surface area contributed by atoms with E-state index >= 15 is 0 Å². The van der Waals surface area contributed by atoms with Crippen molar-refractivity contribution in [1.29, 1.82) is 0 Å². The normalized spacial score (nSPS) is 20.6. The average Bonchev–Trinajstić information content (AvgIpc) is 2.74. The van der Waals surface area contributed by atoms with Crippen molar-refractivity contribution in [2.45, 2.75) is 26.0 Å². The molecule has 1 N–H and O–H groups in total. The number of amides is 1. The number of carbonyl (C=O) groups excluding carboxylic acids is 1. The molecule has 2 aromatic rings. The summed E-state index contributed by atoms with van der Waals surface area (Å²) in [5.41, 5.74) is 2.33. The highest BCUT2D eigenvalue weighted by atomic mass is 16.5. The number of aliphatic hydroxyl groups is 1. The standard InChI is InChI=1S/C24H31N3O3/c1-17-14-27(18(2)16-28)24(29)21-12-20(11-10-19-8-6-5-7-9-19)13-25-23(21)30-22(17)15-26(3)4/h5-13,17-18,22,28H,14-16H2,1-4H3/b11-10+/t17-,18+,22+/m1/s1. The third kappa shape index (κ3) is 5.26. The molecule has 1 aliphatic heterocycles. The van der Waals surface area contributed by atoms with Crippen LogP contribution in [0.5, 0.6) is 5.88 Å². The predicted molar refractivity (Wildman–Crippen MR) is 119 cm³/mol. The zero-order valence-corrected chi connectivity index (χ0v) is 18.2. The summed E-state index contributed by atoms with van der Waals surface area (Å²) in [4.78, 5) is 21.7. The van der Waals surface area contributed by atoms with E-state index in [1.54, 1.807) is 11.1 Å². The number of rotatable bonds is 6. The van der Waals surface area contributed by atoms with Crippen LogP contribution in [0.4, 0.5) is 0 Å². The molecule has 0 saturated heterocycles. The molecule has 0 radical (unpaired) electrons. The highest BCUT2D eigenvalue weighted by Crippen LogP contribution is 2.27. The van der Waals surface area contributed by atoms with Gasteiger partial charge in [-0.3, -0.25) is 4.79 Å². The lowest BCUT2D eigenvalue weighted by molar-refractivity contribution is 0.0348. The van der Waals surface area contributed by atoms with Crippen molar-refractivity contribution < 1.29 is 14.6 Å². The average molecular weight is 410 g/mol. The molecule has 30 heavy (non-hydrogen) atoms. The van der Waals surface area contributed by atoms with Gasteiger partial charge in [-0.2, -0.15) is 0 Å². The number of hydrogen-bond donors (Lipinski definition) is 1. The lowest BCUT2D eigenvalue weighted by Gasteiger charge is -2.37. The van der Waals surface area contributed by atoms with Gasteiger partial charge in [0.15, 0.2) is 0 Å². The number of carbonyl (C=O) groups is 1. The minimum Gasteiger partial charge on any atom is -0.472 e. The molecule has 1 aliphatic rings. The summed E-state index contributed by atoms with van der Waals surface area (Å²) < 4.78 is 6.22. The molecule has 0 saturated carbocycles. The molecule has 0 fully saturated rings. The van der Waals surface area contributed by atoms with Crippen LogP contribution in [0.1, 0.15) is 35.3 Å². The number of ether oxygens (including phenoxy) is 1. The van der Waals surface area contributed by atoms with Crippen molar-refractivity contribution in [2.24, 2.45) is 5.92 Å². The zero-order valence-electron chi connectivity index (χ0n) is 18.2. The first kappa shape index (κ1) is 22.0. The van der Waals surface area contributed by atoms with Crippen LogP contribution in [-0.4, -0.2) is 71.7 Å². The number of nitrogens with zero attached hydrogens (tertiary/aromatic N) is 3. The maximum absolute atomic E-state index is 13.4. The first-order valence-electron chi connectivity index (χ1n) is 10.4. The monoisotopic (exact) mass is 409 g/mol. The molecule has 0 aliphatic carbocycles. The van der Waals surface area contributed by atoms with E-state index in [0.717, 1.165) is 11.1 Å². The van der Waals surface area contributed by atoms with Gasteiger partial charge in [0.05, 0.1) is 12.6 Å². The van der Waals surface area contributed by atoms with Gasteiger partial charge in [-0.15, -0.1) is 0 Å². The summed E-state index contributed by atoms with van der Waals surface area (Å²) in [7, 11) is 4.00. The maximum Gasteiger partial charge on any atom is 0.259 e. The Hall–Kier alpha value is -2.70. The van der Waals surface area contributed by atoms with Crippen LogP contribution in [-0.2, 0) is 0 Å². The number of hydrogen-bond acceptors (Lipinski definition) is 5. The van der Waals surface area contributed by atoms with Crippen LogP contribution in [0.15, 0.2) is 42.6 Å². The van der Waals surface area contributed by atoms with E-state index in [1.165, 1.54) is 0 Å². The first-order chi connectivity index (χ1) is 14.4. The van der Waals surface area contributed by atoms with Crippen LogP contribution in [0.2, 0.25) is 0 Å². The van der Waals surface area contributed by atoms with Gasteiger partial charge in [0.25, 0.3) is 5.91 Å². The Morgan fingerprint density at radius 3 is 2.63 bits per heavy atom. The van der Waals surface area contributed by atoms with E-state index in [9.17, 15) is 9.90 Å². The van der Waals surface area contributed by atoms with Crippen molar-refractivity contribution in [2.75, 3.05) is 33.8 Å². The molecule has 6 nitrogen and oxygen atoms in total. The lowest BCUT2D eigenvalue weighted by atomic mass is 10.00. The van der Waals surface area contributed by atoms with E-state index in [2.05, 4.69) is 16.8 Å². The highest BCUT2D eigenvalue weighted by Gasteiger charge is 2.33. The molecule has 3 atom stereocenters. The Morgan fingerprint density at radius 1 is 1.27 bits per heavy atom. The van der Waals surface area contributed by atoms with E-state index in [-0.39, 0.29) is 30.6 Å². The second kappa shape index (κ2) is 9.87. The second-order valence-corrected chi connectivity index (χ2v) is 8.25. The Labute approximate surface area is 178 Å². The van der Waals surface area contributed by atoms with Crippen LogP contribution < -0.4 is 4.74 Å². The number of likely N-dealkylation sites (N-methyl/N-ethyl adjacent to an activating group) is 1. The Kier molecular flexibility index (Phi) is 7.24. The number of benzene rings is 1. The largest absolute Gasteiger partial charge is 0.472 e. The predicted octanol–water partition coefficient (Wildman–Crippen LogP) is 3.03. The molecule has 0 unspecified atom stereocenters. The summed E-state index contributed by atoms with van der Waals surface area (Å²) >= 11 is 0. The quantitative estimate of drug-likeness (QED) is 0.794. The van der Waals surface area contributed by atoms with Gasteiger partial charge in [0.2, 0.25) is 5.88 Å². The van der Waals surface area contributed by atoms with E-state index < -0.39 is 0 Å². The summed E-state index contributed by atoms with van der Waals surface area (Å²) in [5.74, 6) is 0.285. The molecule has 3 rings (SSSR count). The molecule has 160 valence electrons. The lowest BCUT2D eigenvalue weighted by Crippen LogP contribution is -2.49. The Balaban J connectivity index is 1.98. The van der Waals surface area contributed by atoms with Crippen LogP contribution in [0, 0.1) is 5.92 Å². The Morgan fingerprint density at radius 2 is 1.97 bits per heavy atom. The van der Waals surface area contributed by atoms with Crippen molar-refractivity contribution >= 4 is 18.1 Å². The molecule has 2 heterocycles. The topological polar surface area (TPSA) is 65.9 Å². The number of fused-ring (bicyclic) bond motifs is 1. The molecule has 0 bridgehead atoms. The fraction of sp³-hybridized carbons (Fsp3) is 0.417. The van der Waals surface area contributed by atoms with Gasteiger partial charge < -0.3 is 19.6 Å².